The first-order chi connectivity index (χ1) is 8.50. The first kappa shape index (κ1) is 13.2. The second-order valence-electron chi connectivity index (χ2n) is 5.66. The van der Waals surface area contributed by atoms with E-state index >= 15 is 0 Å². The lowest BCUT2D eigenvalue weighted by Crippen LogP contribution is -2.49. The predicted molar refractivity (Wildman–Crippen MR) is 67.2 cm³/mol. The lowest BCUT2D eigenvalue weighted by Gasteiger charge is -2.26. The molecule has 5 nitrogen and oxygen atoms in total. The second-order valence-corrected chi connectivity index (χ2v) is 5.66. The molecule has 2 N–H and O–H groups in total. The van der Waals surface area contributed by atoms with E-state index in [0.717, 1.165) is 19.3 Å². The van der Waals surface area contributed by atoms with E-state index in [9.17, 15) is 9.59 Å². The molecule has 0 aromatic carbocycles. The van der Waals surface area contributed by atoms with Crippen LogP contribution in [-0.4, -0.2) is 40.6 Å². The van der Waals surface area contributed by atoms with Crippen molar-refractivity contribution in [2.45, 2.75) is 51.6 Å². The number of aliphatic carboxylic acids is 1. The van der Waals surface area contributed by atoms with Gasteiger partial charge in [-0.3, -0.25) is 0 Å². The zero-order chi connectivity index (χ0) is 13.3. The zero-order valence-electron chi connectivity index (χ0n) is 11.1. The average Bonchev–Trinajstić information content (AvgIpc) is 2.91. The summed E-state index contributed by atoms with van der Waals surface area (Å²) >= 11 is 0. The largest absolute Gasteiger partial charge is 0.480 e. The van der Waals surface area contributed by atoms with Crippen LogP contribution >= 0.6 is 0 Å². The van der Waals surface area contributed by atoms with Gasteiger partial charge in [-0.25, -0.2) is 9.59 Å². The van der Waals surface area contributed by atoms with Gasteiger partial charge in [0.25, 0.3) is 0 Å². The maximum atomic E-state index is 12.1. The maximum Gasteiger partial charge on any atom is 0.326 e. The molecule has 18 heavy (non-hydrogen) atoms. The van der Waals surface area contributed by atoms with Crippen LogP contribution in [0.1, 0.15) is 39.5 Å². The predicted octanol–water partition coefficient (Wildman–Crippen LogP) is 1.68. The van der Waals surface area contributed by atoms with E-state index in [1.54, 1.807) is 0 Å². The van der Waals surface area contributed by atoms with Crippen LogP contribution in [0, 0.1) is 11.8 Å². The number of carbonyl (C=O) groups excluding carboxylic acids is 1. The van der Waals surface area contributed by atoms with E-state index in [1.807, 2.05) is 0 Å². The summed E-state index contributed by atoms with van der Waals surface area (Å²) in [5.41, 5.74) is 0. The molecule has 2 fully saturated rings. The van der Waals surface area contributed by atoms with Crippen LogP contribution in [0.5, 0.6) is 0 Å². The molecule has 1 heterocycles. The summed E-state index contributed by atoms with van der Waals surface area (Å²) in [6, 6.07) is -0.646. The normalized spacial score (nSPS) is 35.8. The molecular weight excluding hydrogens is 232 g/mol. The fraction of sp³-hybridized carbons (Fsp3) is 0.846. The first-order valence-electron chi connectivity index (χ1n) is 6.80. The summed E-state index contributed by atoms with van der Waals surface area (Å²) in [6.45, 7) is 4.91. The molecule has 0 spiro atoms. The highest BCUT2D eigenvalue weighted by Gasteiger charge is 2.37. The third-order valence-corrected chi connectivity index (χ3v) is 4.57. The third kappa shape index (κ3) is 2.44. The molecule has 1 saturated heterocycles. The van der Waals surface area contributed by atoms with Crippen LogP contribution in [0.3, 0.4) is 0 Å². The summed E-state index contributed by atoms with van der Waals surface area (Å²) in [7, 11) is 0. The van der Waals surface area contributed by atoms with E-state index in [4.69, 9.17) is 5.11 Å². The Morgan fingerprint density at radius 3 is 2.50 bits per heavy atom. The maximum absolute atomic E-state index is 12.1. The summed E-state index contributed by atoms with van der Waals surface area (Å²) in [4.78, 5) is 24.6. The van der Waals surface area contributed by atoms with Gasteiger partial charge in [-0.15, -0.1) is 0 Å². The smallest absolute Gasteiger partial charge is 0.326 e. The van der Waals surface area contributed by atoms with Crippen molar-refractivity contribution >= 4 is 12.0 Å². The molecule has 2 aliphatic rings. The van der Waals surface area contributed by atoms with Crippen LogP contribution in [0.15, 0.2) is 0 Å². The molecule has 0 aromatic heterocycles. The van der Waals surface area contributed by atoms with Crippen molar-refractivity contribution in [3.8, 4) is 0 Å². The van der Waals surface area contributed by atoms with Crippen LogP contribution in [-0.2, 0) is 4.79 Å². The zero-order valence-corrected chi connectivity index (χ0v) is 11.1. The molecule has 2 amide bonds. The van der Waals surface area contributed by atoms with Gasteiger partial charge in [0.05, 0.1) is 0 Å². The molecule has 3 unspecified atom stereocenters. The van der Waals surface area contributed by atoms with Gasteiger partial charge in [0, 0.05) is 12.6 Å². The second kappa shape index (κ2) is 5.16. The Morgan fingerprint density at radius 2 is 1.94 bits per heavy atom. The Bertz CT molecular complexity index is 345. The van der Waals surface area contributed by atoms with E-state index in [0.29, 0.717) is 24.8 Å². The van der Waals surface area contributed by atoms with Gasteiger partial charge < -0.3 is 15.3 Å². The van der Waals surface area contributed by atoms with Gasteiger partial charge in [-0.1, -0.05) is 13.8 Å². The first-order valence-corrected chi connectivity index (χ1v) is 6.80. The number of carboxylic acids is 1. The number of carbonyl (C=O) groups is 2. The van der Waals surface area contributed by atoms with Gasteiger partial charge in [0.1, 0.15) is 6.04 Å². The summed E-state index contributed by atoms with van der Waals surface area (Å²) in [6.07, 6.45) is 3.48. The Kier molecular flexibility index (Phi) is 3.78. The van der Waals surface area contributed by atoms with Gasteiger partial charge in [0.2, 0.25) is 0 Å². The monoisotopic (exact) mass is 254 g/mol. The minimum absolute atomic E-state index is 0.197. The van der Waals surface area contributed by atoms with E-state index in [1.165, 1.54) is 4.90 Å². The molecule has 102 valence electrons. The number of nitrogens with zero attached hydrogens (tertiary/aromatic N) is 1. The van der Waals surface area contributed by atoms with Crippen molar-refractivity contribution in [3.05, 3.63) is 0 Å². The van der Waals surface area contributed by atoms with Crippen molar-refractivity contribution in [1.82, 2.24) is 10.2 Å². The molecule has 1 saturated carbocycles. The van der Waals surface area contributed by atoms with Crippen LogP contribution in [0.25, 0.3) is 0 Å². The number of hydrogen-bond donors (Lipinski definition) is 2. The van der Waals surface area contributed by atoms with E-state index < -0.39 is 12.0 Å². The van der Waals surface area contributed by atoms with Crippen LogP contribution < -0.4 is 5.32 Å². The van der Waals surface area contributed by atoms with E-state index in [-0.39, 0.29) is 12.1 Å². The molecule has 4 atom stereocenters. The molecular formula is C13H22N2O3. The number of carboxylic acid groups (broad SMARTS) is 1. The Labute approximate surface area is 108 Å². The molecule has 5 heteroatoms. The Hall–Kier alpha value is -1.26. The fourth-order valence-corrected chi connectivity index (χ4v) is 3.08. The standard InChI is InChI=1S/C13H22N2O3/c1-8-5-6-10(9(8)2)14-13(18)15-7-3-4-11(15)12(16)17/h8-11H,3-7H2,1-2H3,(H,14,18)(H,16,17)/t8?,9?,10?,11-/m1/s1. The van der Waals surface area contributed by atoms with Crippen molar-refractivity contribution in [2.75, 3.05) is 6.54 Å². The summed E-state index contributed by atoms with van der Waals surface area (Å²) in [5.74, 6) is 0.208. The summed E-state index contributed by atoms with van der Waals surface area (Å²) in [5, 5.41) is 12.1. The van der Waals surface area contributed by atoms with Gasteiger partial charge in [0.15, 0.2) is 0 Å². The Morgan fingerprint density at radius 1 is 1.22 bits per heavy atom. The minimum Gasteiger partial charge on any atom is -0.480 e. The number of rotatable bonds is 2. The van der Waals surface area contributed by atoms with Crippen molar-refractivity contribution in [3.63, 3.8) is 0 Å². The molecule has 0 bridgehead atoms. The lowest BCUT2D eigenvalue weighted by molar-refractivity contribution is -0.141. The van der Waals surface area contributed by atoms with Crippen molar-refractivity contribution < 1.29 is 14.7 Å². The number of likely N-dealkylation sites (tertiary alicyclic amines) is 1. The number of nitrogens with one attached hydrogen (secondary N) is 1. The van der Waals surface area contributed by atoms with Gasteiger partial charge in [-0.2, -0.15) is 0 Å². The van der Waals surface area contributed by atoms with Crippen molar-refractivity contribution in [2.24, 2.45) is 11.8 Å². The summed E-state index contributed by atoms with van der Waals surface area (Å²) < 4.78 is 0. The average molecular weight is 254 g/mol. The Balaban J connectivity index is 1.94. The van der Waals surface area contributed by atoms with Gasteiger partial charge >= 0.3 is 12.0 Å². The lowest BCUT2D eigenvalue weighted by atomic mass is 9.98. The minimum atomic E-state index is -0.893. The highest BCUT2D eigenvalue weighted by molar-refractivity contribution is 5.83. The molecule has 0 radical (unpaired) electrons. The number of hydrogen-bond acceptors (Lipinski definition) is 2. The van der Waals surface area contributed by atoms with Gasteiger partial charge in [-0.05, 0) is 37.5 Å². The molecule has 1 aliphatic carbocycles. The van der Waals surface area contributed by atoms with Crippen LogP contribution in [0.2, 0.25) is 0 Å². The number of amides is 2. The van der Waals surface area contributed by atoms with Crippen molar-refractivity contribution in [1.29, 1.82) is 0 Å². The highest BCUT2D eigenvalue weighted by Crippen LogP contribution is 2.31. The SMILES string of the molecule is CC1CCC(NC(=O)N2CCC[C@@H]2C(=O)O)C1C. The topological polar surface area (TPSA) is 69.6 Å². The highest BCUT2D eigenvalue weighted by atomic mass is 16.4. The van der Waals surface area contributed by atoms with Crippen LogP contribution in [0.4, 0.5) is 4.79 Å². The number of urea groups is 1. The quantitative estimate of drug-likeness (QED) is 0.787. The fourth-order valence-electron chi connectivity index (χ4n) is 3.08. The molecule has 0 aromatic rings. The van der Waals surface area contributed by atoms with E-state index in [2.05, 4.69) is 19.2 Å². The molecule has 2 rings (SSSR count). The molecule has 1 aliphatic heterocycles. The third-order valence-electron chi connectivity index (χ3n) is 4.57.